The molecule has 1 aromatic heterocycles. The normalized spacial score (nSPS) is 14.1. The van der Waals surface area contributed by atoms with Crippen molar-refractivity contribution in [3.8, 4) is 0 Å². The van der Waals surface area contributed by atoms with E-state index in [9.17, 15) is 14.4 Å². The minimum Gasteiger partial charge on any atom is -0.349 e. The second-order valence-corrected chi connectivity index (χ2v) is 6.99. The lowest BCUT2D eigenvalue weighted by Crippen LogP contribution is -2.38. The molecule has 1 aromatic carbocycles. The molecule has 1 aliphatic carbocycles. The number of benzene rings is 1. The molecule has 27 heavy (non-hydrogen) atoms. The highest BCUT2D eigenvalue weighted by molar-refractivity contribution is 5.94. The molecule has 0 saturated heterocycles. The first-order valence-corrected chi connectivity index (χ1v) is 9.17. The first-order chi connectivity index (χ1) is 13.0. The minimum absolute atomic E-state index is 0.0380. The summed E-state index contributed by atoms with van der Waals surface area (Å²) in [6.07, 6.45) is 6.56. The maximum Gasteiger partial charge on any atom is 0.266 e. The highest BCUT2D eigenvalue weighted by atomic mass is 16.2. The van der Waals surface area contributed by atoms with Crippen molar-refractivity contribution in [2.24, 2.45) is 0 Å². The van der Waals surface area contributed by atoms with Crippen LogP contribution >= 0.6 is 0 Å². The molecule has 142 valence electrons. The van der Waals surface area contributed by atoms with E-state index in [2.05, 4.69) is 15.6 Å². The Hall–Kier alpha value is -2.96. The van der Waals surface area contributed by atoms with Gasteiger partial charge in [-0.2, -0.15) is 0 Å². The third-order valence-electron chi connectivity index (χ3n) is 5.03. The molecule has 1 fully saturated rings. The molecule has 0 unspecified atom stereocenters. The number of carbonyl (C=O) groups excluding carboxylic acids is 2. The van der Waals surface area contributed by atoms with Crippen molar-refractivity contribution in [2.45, 2.75) is 52.1 Å². The Balaban J connectivity index is 1.71. The zero-order chi connectivity index (χ0) is 19.4. The quantitative estimate of drug-likeness (QED) is 0.846. The van der Waals surface area contributed by atoms with Crippen LogP contribution in [0.1, 0.15) is 47.2 Å². The molecular formula is C20H24N4O3. The van der Waals surface area contributed by atoms with Crippen LogP contribution in [0.25, 0.3) is 0 Å². The van der Waals surface area contributed by atoms with E-state index in [-0.39, 0.29) is 24.1 Å². The number of aryl methyl sites for hydroxylation is 1. The van der Waals surface area contributed by atoms with Gasteiger partial charge in [-0.3, -0.25) is 19.0 Å². The monoisotopic (exact) mass is 368 g/mol. The van der Waals surface area contributed by atoms with Gasteiger partial charge in [-0.15, -0.1) is 0 Å². The van der Waals surface area contributed by atoms with Gasteiger partial charge in [0.25, 0.3) is 11.5 Å². The standard InChI is InChI=1S/C20H24N4O3/c1-13-6-5-9-17(14(13)2)23-18(25)11-24-12-21-10-16(20(24)27)19(26)22-15-7-3-4-8-15/h5-6,9-10,12,15H,3-4,7-8,11H2,1-2H3,(H,22,26)(H,23,25). The number of hydrogen-bond acceptors (Lipinski definition) is 4. The predicted octanol–water partition coefficient (Wildman–Crippen LogP) is 2.17. The van der Waals surface area contributed by atoms with Crippen LogP contribution in [0.15, 0.2) is 35.5 Å². The molecule has 0 radical (unpaired) electrons. The number of anilines is 1. The van der Waals surface area contributed by atoms with Gasteiger partial charge in [-0.1, -0.05) is 25.0 Å². The van der Waals surface area contributed by atoms with Gasteiger partial charge in [0.05, 0.1) is 6.33 Å². The average Bonchev–Trinajstić information content (AvgIpc) is 3.13. The van der Waals surface area contributed by atoms with E-state index in [1.807, 2.05) is 32.0 Å². The predicted molar refractivity (Wildman–Crippen MR) is 103 cm³/mol. The van der Waals surface area contributed by atoms with Gasteiger partial charge in [-0.25, -0.2) is 4.98 Å². The van der Waals surface area contributed by atoms with Crippen molar-refractivity contribution in [1.29, 1.82) is 0 Å². The summed E-state index contributed by atoms with van der Waals surface area (Å²) in [7, 11) is 0. The number of rotatable bonds is 5. The van der Waals surface area contributed by atoms with Crippen molar-refractivity contribution in [3.63, 3.8) is 0 Å². The fraction of sp³-hybridized carbons (Fsp3) is 0.400. The summed E-state index contributed by atoms with van der Waals surface area (Å²) >= 11 is 0. The summed E-state index contributed by atoms with van der Waals surface area (Å²) in [4.78, 5) is 41.3. The second-order valence-electron chi connectivity index (χ2n) is 6.99. The molecule has 2 aromatic rings. The molecule has 2 amide bonds. The van der Waals surface area contributed by atoms with E-state index in [1.165, 1.54) is 12.5 Å². The summed E-state index contributed by atoms with van der Waals surface area (Å²) in [6, 6.07) is 5.75. The third-order valence-corrected chi connectivity index (χ3v) is 5.03. The molecule has 0 aliphatic heterocycles. The van der Waals surface area contributed by atoms with Crippen LogP contribution in [0.4, 0.5) is 5.69 Å². The molecule has 3 rings (SSSR count). The van der Waals surface area contributed by atoms with Crippen LogP contribution in [-0.2, 0) is 11.3 Å². The second kappa shape index (κ2) is 8.16. The Morgan fingerprint density at radius 1 is 1.22 bits per heavy atom. The molecule has 0 bridgehead atoms. The lowest BCUT2D eigenvalue weighted by Gasteiger charge is -2.13. The van der Waals surface area contributed by atoms with Crippen molar-refractivity contribution in [2.75, 3.05) is 5.32 Å². The summed E-state index contributed by atoms with van der Waals surface area (Å²) in [5.41, 5.74) is 2.19. The van der Waals surface area contributed by atoms with Gasteiger partial charge in [0.15, 0.2) is 0 Å². The van der Waals surface area contributed by atoms with Crippen LogP contribution in [0, 0.1) is 13.8 Å². The number of aromatic nitrogens is 2. The minimum atomic E-state index is -0.517. The smallest absolute Gasteiger partial charge is 0.266 e. The van der Waals surface area contributed by atoms with E-state index in [1.54, 1.807) is 0 Å². The summed E-state index contributed by atoms with van der Waals surface area (Å²) in [6.45, 7) is 3.68. The van der Waals surface area contributed by atoms with Gasteiger partial charge >= 0.3 is 0 Å². The lowest BCUT2D eigenvalue weighted by molar-refractivity contribution is -0.116. The summed E-state index contributed by atoms with van der Waals surface area (Å²) in [5, 5.41) is 5.68. The Morgan fingerprint density at radius 2 is 1.96 bits per heavy atom. The summed E-state index contributed by atoms with van der Waals surface area (Å²) < 4.78 is 1.16. The average molecular weight is 368 g/mol. The first-order valence-electron chi connectivity index (χ1n) is 9.17. The Kier molecular flexibility index (Phi) is 5.69. The molecule has 0 atom stereocenters. The molecule has 7 nitrogen and oxygen atoms in total. The zero-order valence-electron chi connectivity index (χ0n) is 15.6. The Morgan fingerprint density at radius 3 is 2.70 bits per heavy atom. The highest BCUT2D eigenvalue weighted by Gasteiger charge is 2.21. The van der Waals surface area contributed by atoms with E-state index in [4.69, 9.17) is 0 Å². The maximum atomic E-state index is 12.6. The number of nitrogens with zero attached hydrogens (tertiary/aromatic N) is 2. The van der Waals surface area contributed by atoms with Crippen molar-refractivity contribution < 1.29 is 9.59 Å². The fourth-order valence-corrected chi connectivity index (χ4v) is 3.28. The van der Waals surface area contributed by atoms with Crippen molar-refractivity contribution in [1.82, 2.24) is 14.9 Å². The van der Waals surface area contributed by atoms with Gasteiger partial charge in [0, 0.05) is 17.9 Å². The zero-order valence-corrected chi connectivity index (χ0v) is 15.6. The van der Waals surface area contributed by atoms with Gasteiger partial charge in [0.1, 0.15) is 12.1 Å². The SMILES string of the molecule is Cc1cccc(NC(=O)Cn2cncc(C(=O)NC3CCCC3)c2=O)c1C. The molecule has 1 aliphatic rings. The third kappa shape index (κ3) is 4.42. The number of nitrogens with one attached hydrogen (secondary N) is 2. The number of hydrogen-bond donors (Lipinski definition) is 2. The van der Waals surface area contributed by atoms with Crippen LogP contribution < -0.4 is 16.2 Å². The van der Waals surface area contributed by atoms with E-state index in [0.29, 0.717) is 5.69 Å². The van der Waals surface area contributed by atoms with Crippen LogP contribution in [-0.4, -0.2) is 27.4 Å². The molecule has 1 heterocycles. The van der Waals surface area contributed by atoms with Gasteiger partial charge in [-0.05, 0) is 43.9 Å². The summed E-state index contributed by atoms with van der Waals surface area (Å²) in [5.74, 6) is -0.773. The largest absolute Gasteiger partial charge is 0.349 e. The van der Waals surface area contributed by atoms with Gasteiger partial charge < -0.3 is 10.6 Å². The first kappa shape index (κ1) is 18.8. The number of amides is 2. The van der Waals surface area contributed by atoms with Crippen molar-refractivity contribution >= 4 is 17.5 Å². The van der Waals surface area contributed by atoms with Crippen LogP contribution in [0.5, 0.6) is 0 Å². The topological polar surface area (TPSA) is 93.1 Å². The highest BCUT2D eigenvalue weighted by Crippen LogP contribution is 2.18. The fourth-order valence-electron chi connectivity index (χ4n) is 3.28. The van der Waals surface area contributed by atoms with Crippen LogP contribution in [0.3, 0.4) is 0 Å². The lowest BCUT2D eigenvalue weighted by atomic mass is 10.1. The molecule has 2 N–H and O–H groups in total. The van der Waals surface area contributed by atoms with Crippen LogP contribution in [0.2, 0.25) is 0 Å². The van der Waals surface area contributed by atoms with E-state index < -0.39 is 11.5 Å². The van der Waals surface area contributed by atoms with Gasteiger partial charge in [0.2, 0.25) is 5.91 Å². The molecule has 7 heteroatoms. The Labute approximate surface area is 157 Å². The van der Waals surface area contributed by atoms with E-state index >= 15 is 0 Å². The number of carbonyl (C=O) groups is 2. The maximum absolute atomic E-state index is 12.6. The molecule has 0 spiro atoms. The van der Waals surface area contributed by atoms with Crippen molar-refractivity contribution in [3.05, 3.63) is 57.8 Å². The molecular weight excluding hydrogens is 344 g/mol. The molecule has 1 saturated carbocycles. The Bertz CT molecular complexity index is 914. The van der Waals surface area contributed by atoms with E-state index in [0.717, 1.165) is 41.4 Å².